The minimum Gasteiger partial charge on any atom is -0.395 e. The second-order valence-electron chi connectivity index (χ2n) is 8.21. The van der Waals surface area contributed by atoms with E-state index in [1.165, 1.54) is 0 Å². The van der Waals surface area contributed by atoms with Gasteiger partial charge in [-0.25, -0.2) is 0 Å². The summed E-state index contributed by atoms with van der Waals surface area (Å²) in [5.41, 5.74) is 3.14. The van der Waals surface area contributed by atoms with E-state index in [1.807, 2.05) is 30.3 Å². The summed E-state index contributed by atoms with van der Waals surface area (Å²) in [4.78, 5) is 18.6. The molecule has 4 N–H and O–H groups in total. The van der Waals surface area contributed by atoms with E-state index in [0.717, 1.165) is 48.4 Å². The topological polar surface area (TPSA) is 115 Å². The van der Waals surface area contributed by atoms with E-state index in [0.29, 0.717) is 30.6 Å². The highest BCUT2D eigenvalue weighted by Gasteiger charge is 2.27. The molecule has 0 radical (unpaired) electrons. The molecule has 1 fully saturated rings. The van der Waals surface area contributed by atoms with Crippen molar-refractivity contribution < 1.29 is 15.0 Å². The second-order valence-corrected chi connectivity index (χ2v) is 8.21. The maximum absolute atomic E-state index is 12.3. The quantitative estimate of drug-likeness (QED) is 0.481. The first kappa shape index (κ1) is 19.8. The fraction of sp³-hybridized carbons (Fsp3) is 0.409. The Labute approximate surface area is 179 Å². The number of fused-ring (bicyclic) bond motifs is 2. The molecule has 0 atom stereocenters. The molecule has 9 nitrogen and oxygen atoms in total. The number of nitrogens with one attached hydrogen (secondary N) is 2. The molecule has 2 aromatic heterocycles. The number of anilines is 3. The van der Waals surface area contributed by atoms with Gasteiger partial charge in [-0.3, -0.25) is 4.79 Å². The van der Waals surface area contributed by atoms with Crippen LogP contribution in [0.4, 0.5) is 17.5 Å². The Morgan fingerprint density at radius 2 is 1.97 bits per heavy atom. The van der Waals surface area contributed by atoms with Gasteiger partial charge in [0.25, 0.3) is 5.91 Å². The van der Waals surface area contributed by atoms with E-state index in [4.69, 9.17) is 5.11 Å². The van der Waals surface area contributed by atoms with E-state index >= 15 is 0 Å². The first-order valence-electron chi connectivity index (χ1n) is 10.7. The van der Waals surface area contributed by atoms with Gasteiger partial charge in [-0.1, -0.05) is 6.07 Å². The molecule has 1 aliphatic carbocycles. The van der Waals surface area contributed by atoms with Gasteiger partial charge in [-0.15, -0.1) is 5.10 Å². The standard InChI is InChI=1S/C22H26N6O3/c29-11-10-27-13-14-12-16(6-9-18(14)21(27)31)24-22-25-20-3-1-2-19(28(20)26-22)23-15-4-7-17(30)8-5-15/h1-3,6,9,12,15,17,23,29-30H,4-5,7-8,10-11,13H2,(H,24,26). The Morgan fingerprint density at radius 3 is 2.77 bits per heavy atom. The lowest BCUT2D eigenvalue weighted by molar-refractivity contribution is 0.0745. The van der Waals surface area contributed by atoms with Gasteiger partial charge in [-0.05, 0) is 61.6 Å². The predicted octanol–water partition coefficient (Wildman–Crippen LogP) is 2.14. The SMILES string of the molecule is O=C1c2ccc(Nc3nc4cccc(NC5CCC(O)CC5)n4n3)cc2CN1CCO. The van der Waals surface area contributed by atoms with Gasteiger partial charge >= 0.3 is 0 Å². The molecule has 9 heteroatoms. The zero-order valence-electron chi connectivity index (χ0n) is 17.2. The number of amides is 1. The van der Waals surface area contributed by atoms with Crippen LogP contribution in [0.2, 0.25) is 0 Å². The fourth-order valence-electron chi connectivity index (χ4n) is 4.39. The molecule has 3 heterocycles. The van der Waals surface area contributed by atoms with Crippen LogP contribution in [0.3, 0.4) is 0 Å². The highest BCUT2D eigenvalue weighted by Crippen LogP contribution is 2.27. The molecule has 1 amide bonds. The third-order valence-electron chi connectivity index (χ3n) is 6.02. The first-order valence-corrected chi connectivity index (χ1v) is 10.7. The van der Waals surface area contributed by atoms with Crippen molar-refractivity contribution >= 4 is 29.0 Å². The van der Waals surface area contributed by atoms with Gasteiger partial charge < -0.3 is 25.7 Å². The molecule has 0 unspecified atom stereocenters. The zero-order chi connectivity index (χ0) is 21.4. The summed E-state index contributed by atoms with van der Waals surface area (Å²) in [5, 5.41) is 30.3. The number of aliphatic hydroxyl groups excluding tert-OH is 2. The third-order valence-corrected chi connectivity index (χ3v) is 6.02. The van der Waals surface area contributed by atoms with Crippen molar-refractivity contribution in [1.82, 2.24) is 19.5 Å². The summed E-state index contributed by atoms with van der Waals surface area (Å²) >= 11 is 0. The summed E-state index contributed by atoms with van der Waals surface area (Å²) < 4.78 is 1.78. The Hall–Kier alpha value is -3.17. The lowest BCUT2D eigenvalue weighted by Gasteiger charge is -2.26. The first-order chi connectivity index (χ1) is 15.1. The number of pyridine rings is 1. The molecule has 5 rings (SSSR count). The fourth-order valence-corrected chi connectivity index (χ4v) is 4.39. The van der Waals surface area contributed by atoms with Gasteiger partial charge in [0, 0.05) is 30.4 Å². The van der Waals surface area contributed by atoms with Crippen LogP contribution >= 0.6 is 0 Å². The normalized spacial score (nSPS) is 20.8. The maximum Gasteiger partial charge on any atom is 0.254 e. The van der Waals surface area contributed by atoms with E-state index in [9.17, 15) is 9.90 Å². The van der Waals surface area contributed by atoms with Crippen molar-refractivity contribution in [3.63, 3.8) is 0 Å². The second kappa shape index (κ2) is 8.16. The van der Waals surface area contributed by atoms with Gasteiger partial charge in [0.15, 0.2) is 5.65 Å². The number of benzene rings is 1. The molecule has 162 valence electrons. The minimum atomic E-state index is -0.186. The van der Waals surface area contributed by atoms with E-state index < -0.39 is 0 Å². The monoisotopic (exact) mass is 422 g/mol. The number of carbonyl (C=O) groups is 1. The largest absolute Gasteiger partial charge is 0.395 e. The van der Waals surface area contributed by atoms with Gasteiger partial charge in [0.1, 0.15) is 5.82 Å². The zero-order valence-corrected chi connectivity index (χ0v) is 17.2. The molecule has 0 spiro atoms. The number of hydrogen-bond acceptors (Lipinski definition) is 7. The number of hydrogen-bond donors (Lipinski definition) is 4. The maximum atomic E-state index is 12.3. The number of β-amino-alcohol motifs (C(OH)–C–C–N with tert-alkyl or cyclic N) is 1. The lowest BCUT2D eigenvalue weighted by atomic mass is 9.93. The van der Waals surface area contributed by atoms with Crippen molar-refractivity contribution in [3.05, 3.63) is 47.5 Å². The summed E-state index contributed by atoms with van der Waals surface area (Å²) in [6.07, 6.45) is 3.30. The Morgan fingerprint density at radius 1 is 1.13 bits per heavy atom. The predicted molar refractivity (Wildman–Crippen MR) is 116 cm³/mol. The molecular formula is C22H26N6O3. The van der Waals surface area contributed by atoms with E-state index in [1.54, 1.807) is 15.5 Å². The number of rotatable bonds is 6. The number of nitrogens with zero attached hydrogens (tertiary/aromatic N) is 4. The van der Waals surface area contributed by atoms with Gasteiger partial charge in [-0.2, -0.15) is 9.50 Å². The van der Waals surface area contributed by atoms with Crippen molar-refractivity contribution in [2.75, 3.05) is 23.8 Å². The summed E-state index contributed by atoms with van der Waals surface area (Å²) in [5.74, 6) is 1.30. The average Bonchev–Trinajstić information content (AvgIpc) is 3.31. The van der Waals surface area contributed by atoms with Crippen molar-refractivity contribution in [1.29, 1.82) is 0 Å². The Kier molecular flexibility index (Phi) is 5.21. The molecule has 3 aromatic rings. The minimum absolute atomic E-state index is 0.0478. The summed E-state index contributed by atoms with van der Waals surface area (Å²) in [6.45, 7) is 0.779. The van der Waals surface area contributed by atoms with Crippen LogP contribution in [-0.2, 0) is 6.54 Å². The van der Waals surface area contributed by atoms with E-state index in [2.05, 4.69) is 20.7 Å². The summed E-state index contributed by atoms with van der Waals surface area (Å²) in [6, 6.07) is 11.7. The molecule has 1 aromatic carbocycles. The highest BCUT2D eigenvalue weighted by molar-refractivity contribution is 5.98. The van der Waals surface area contributed by atoms with Crippen LogP contribution in [0.5, 0.6) is 0 Å². The average molecular weight is 422 g/mol. The molecule has 0 saturated heterocycles. The Balaban J connectivity index is 1.34. The van der Waals surface area contributed by atoms with Crippen LogP contribution < -0.4 is 10.6 Å². The van der Waals surface area contributed by atoms with Gasteiger partial charge in [0.2, 0.25) is 5.95 Å². The Bertz CT molecular complexity index is 1110. The smallest absolute Gasteiger partial charge is 0.254 e. The van der Waals surface area contributed by atoms with Crippen molar-refractivity contribution in [2.45, 2.75) is 44.4 Å². The van der Waals surface area contributed by atoms with Crippen LogP contribution in [0.25, 0.3) is 5.65 Å². The number of carbonyl (C=O) groups excluding carboxylic acids is 1. The molecule has 0 bridgehead atoms. The molecular weight excluding hydrogens is 396 g/mol. The van der Waals surface area contributed by atoms with Crippen molar-refractivity contribution in [2.24, 2.45) is 0 Å². The van der Waals surface area contributed by atoms with Crippen molar-refractivity contribution in [3.8, 4) is 0 Å². The van der Waals surface area contributed by atoms with Gasteiger partial charge in [0.05, 0.1) is 12.7 Å². The molecule has 2 aliphatic rings. The molecule has 1 aliphatic heterocycles. The van der Waals surface area contributed by atoms with Crippen LogP contribution in [0.1, 0.15) is 41.6 Å². The lowest BCUT2D eigenvalue weighted by Crippen LogP contribution is -2.29. The summed E-state index contributed by atoms with van der Waals surface area (Å²) in [7, 11) is 0. The number of aliphatic hydroxyl groups is 2. The number of aromatic nitrogens is 3. The third kappa shape index (κ3) is 3.94. The molecule has 31 heavy (non-hydrogen) atoms. The van der Waals surface area contributed by atoms with Crippen LogP contribution in [-0.4, -0.2) is 60.9 Å². The van der Waals surface area contributed by atoms with E-state index in [-0.39, 0.29) is 18.6 Å². The van der Waals surface area contributed by atoms with Crippen LogP contribution in [0, 0.1) is 0 Å². The molecule has 1 saturated carbocycles. The van der Waals surface area contributed by atoms with Crippen LogP contribution in [0.15, 0.2) is 36.4 Å². The highest BCUT2D eigenvalue weighted by atomic mass is 16.3.